The van der Waals surface area contributed by atoms with Crippen LogP contribution in [0.15, 0.2) is 11.5 Å². The molecule has 70 valence electrons. The van der Waals surface area contributed by atoms with Crippen LogP contribution in [0, 0.1) is 5.92 Å². The molecule has 5 heteroatoms. The molecule has 0 spiro atoms. The predicted molar refractivity (Wildman–Crippen MR) is 45.4 cm³/mol. The standard InChI is InChI=1S/C8H14O3S.Na/c9-12(10,11)7-6-8-4-2-1-3-5-8;/h6-8H,1-5H2,(H,9,10,11);/q;+1/p-1. The smallest absolute Gasteiger partial charge is 0.744 e. The zero-order valence-corrected chi connectivity index (χ0v) is 10.7. The third kappa shape index (κ3) is 6.69. The first kappa shape index (κ1) is 13.7. The summed E-state index contributed by atoms with van der Waals surface area (Å²) in [5, 5.41) is 0.795. The van der Waals surface area contributed by atoms with E-state index in [1.807, 2.05) is 0 Å². The van der Waals surface area contributed by atoms with E-state index in [9.17, 15) is 13.0 Å². The minimum absolute atomic E-state index is 0. The Kier molecular flexibility index (Phi) is 6.50. The SMILES string of the molecule is O=S(=O)([O-])C=CC1CCCCC1.[Na+]. The van der Waals surface area contributed by atoms with Crippen molar-refractivity contribution in [2.24, 2.45) is 5.92 Å². The minimum Gasteiger partial charge on any atom is -0.744 e. The van der Waals surface area contributed by atoms with Gasteiger partial charge in [-0.1, -0.05) is 25.3 Å². The first-order chi connectivity index (χ1) is 5.58. The van der Waals surface area contributed by atoms with Gasteiger partial charge in [0.25, 0.3) is 0 Å². The fraction of sp³-hybridized carbons (Fsp3) is 0.750. The van der Waals surface area contributed by atoms with E-state index < -0.39 is 10.1 Å². The average molecular weight is 212 g/mol. The minimum atomic E-state index is -4.15. The van der Waals surface area contributed by atoms with Crippen LogP contribution in [0.3, 0.4) is 0 Å². The Morgan fingerprint density at radius 1 is 1.15 bits per heavy atom. The Morgan fingerprint density at radius 3 is 2.15 bits per heavy atom. The van der Waals surface area contributed by atoms with Gasteiger partial charge in [0.2, 0.25) is 0 Å². The number of allylic oxidation sites excluding steroid dienone is 1. The maximum Gasteiger partial charge on any atom is 1.00 e. The largest absolute Gasteiger partial charge is 1.00 e. The van der Waals surface area contributed by atoms with Crippen LogP contribution in [0.4, 0.5) is 0 Å². The molecule has 0 bridgehead atoms. The summed E-state index contributed by atoms with van der Waals surface area (Å²) >= 11 is 0. The fourth-order valence-electron chi connectivity index (χ4n) is 1.53. The predicted octanol–water partition coefficient (Wildman–Crippen LogP) is -1.37. The molecule has 3 nitrogen and oxygen atoms in total. The molecular formula is C8H13NaO3S. The van der Waals surface area contributed by atoms with Crippen molar-refractivity contribution in [3.05, 3.63) is 11.5 Å². The van der Waals surface area contributed by atoms with Gasteiger partial charge in [-0.3, -0.25) is 0 Å². The Hall–Kier alpha value is 0.650. The molecular weight excluding hydrogens is 199 g/mol. The van der Waals surface area contributed by atoms with Crippen LogP contribution < -0.4 is 29.6 Å². The van der Waals surface area contributed by atoms with Gasteiger partial charge >= 0.3 is 29.6 Å². The van der Waals surface area contributed by atoms with Crippen molar-refractivity contribution in [3.8, 4) is 0 Å². The first-order valence-corrected chi connectivity index (χ1v) is 5.69. The molecule has 0 aromatic carbocycles. The van der Waals surface area contributed by atoms with Crippen molar-refractivity contribution >= 4 is 10.1 Å². The van der Waals surface area contributed by atoms with Gasteiger partial charge in [0, 0.05) is 5.41 Å². The molecule has 1 rings (SSSR count). The van der Waals surface area contributed by atoms with E-state index in [1.54, 1.807) is 6.08 Å². The van der Waals surface area contributed by atoms with Crippen molar-refractivity contribution in [1.29, 1.82) is 0 Å². The van der Waals surface area contributed by atoms with Crippen LogP contribution in [0.2, 0.25) is 0 Å². The molecule has 0 saturated heterocycles. The second-order valence-electron chi connectivity index (χ2n) is 3.22. The molecule has 0 atom stereocenters. The van der Waals surface area contributed by atoms with Gasteiger partial charge in [0.1, 0.15) is 10.1 Å². The molecule has 0 aromatic heterocycles. The zero-order chi connectivity index (χ0) is 9.03. The van der Waals surface area contributed by atoms with Gasteiger partial charge in [0.15, 0.2) is 0 Å². The van der Waals surface area contributed by atoms with E-state index in [0.29, 0.717) is 5.92 Å². The summed E-state index contributed by atoms with van der Waals surface area (Å²) in [6, 6.07) is 0. The molecule has 0 unspecified atom stereocenters. The fourth-order valence-corrected chi connectivity index (χ4v) is 1.95. The second kappa shape index (κ2) is 6.19. The molecule has 0 amide bonds. The van der Waals surface area contributed by atoms with Crippen molar-refractivity contribution in [2.45, 2.75) is 32.1 Å². The van der Waals surface area contributed by atoms with E-state index in [0.717, 1.165) is 31.1 Å². The van der Waals surface area contributed by atoms with Crippen LogP contribution in [0.5, 0.6) is 0 Å². The van der Waals surface area contributed by atoms with Gasteiger partial charge in [-0.15, -0.1) is 0 Å². The number of rotatable bonds is 2. The Labute approximate surface area is 102 Å². The summed E-state index contributed by atoms with van der Waals surface area (Å²) < 4.78 is 30.7. The second-order valence-corrected chi connectivity index (χ2v) is 4.48. The molecule has 13 heavy (non-hydrogen) atoms. The summed E-state index contributed by atoms with van der Waals surface area (Å²) in [5.41, 5.74) is 0. The molecule has 1 aliphatic rings. The van der Waals surface area contributed by atoms with E-state index in [2.05, 4.69) is 0 Å². The number of hydrogen-bond donors (Lipinski definition) is 0. The summed E-state index contributed by atoms with van der Waals surface area (Å²) in [7, 11) is -4.15. The van der Waals surface area contributed by atoms with Crippen LogP contribution in [0.25, 0.3) is 0 Å². The Balaban J connectivity index is 0.00000144. The van der Waals surface area contributed by atoms with E-state index in [-0.39, 0.29) is 29.6 Å². The molecule has 0 N–H and O–H groups in total. The maximum absolute atomic E-state index is 10.2. The topological polar surface area (TPSA) is 57.2 Å². The normalized spacial score (nSPS) is 20.1. The van der Waals surface area contributed by atoms with Gasteiger partial charge in [0.05, 0.1) is 0 Å². The number of hydrogen-bond acceptors (Lipinski definition) is 3. The van der Waals surface area contributed by atoms with Crippen LogP contribution in [-0.4, -0.2) is 13.0 Å². The molecule has 0 heterocycles. The molecule has 1 saturated carbocycles. The van der Waals surface area contributed by atoms with E-state index in [1.165, 1.54) is 6.42 Å². The summed E-state index contributed by atoms with van der Waals surface area (Å²) in [6.07, 6.45) is 7.11. The quantitative estimate of drug-likeness (QED) is 0.419. The monoisotopic (exact) mass is 212 g/mol. The first-order valence-electron chi connectivity index (χ1n) is 4.22. The van der Waals surface area contributed by atoms with Crippen LogP contribution >= 0.6 is 0 Å². The van der Waals surface area contributed by atoms with E-state index in [4.69, 9.17) is 0 Å². The average Bonchev–Trinajstić information content (AvgIpc) is 2.02. The zero-order valence-electron chi connectivity index (χ0n) is 7.90. The van der Waals surface area contributed by atoms with Gasteiger partial charge in [-0.2, -0.15) is 0 Å². The van der Waals surface area contributed by atoms with Crippen molar-refractivity contribution in [2.75, 3.05) is 0 Å². The van der Waals surface area contributed by atoms with Gasteiger partial charge < -0.3 is 4.55 Å². The molecule has 0 aromatic rings. The molecule has 1 fully saturated rings. The third-order valence-corrected chi connectivity index (χ3v) is 2.66. The summed E-state index contributed by atoms with van der Waals surface area (Å²) in [5.74, 6) is 0.308. The van der Waals surface area contributed by atoms with Crippen molar-refractivity contribution in [3.63, 3.8) is 0 Å². The molecule has 0 aliphatic heterocycles. The molecule has 0 radical (unpaired) electrons. The maximum atomic E-state index is 10.2. The summed E-state index contributed by atoms with van der Waals surface area (Å²) in [4.78, 5) is 0. The van der Waals surface area contributed by atoms with Gasteiger partial charge in [-0.05, 0) is 18.8 Å². The Bertz CT molecular complexity index is 253. The molecule has 1 aliphatic carbocycles. The van der Waals surface area contributed by atoms with Crippen molar-refractivity contribution < 1.29 is 42.5 Å². The van der Waals surface area contributed by atoms with Gasteiger partial charge in [-0.25, -0.2) is 8.42 Å². The van der Waals surface area contributed by atoms with Crippen molar-refractivity contribution in [1.82, 2.24) is 0 Å². The summed E-state index contributed by atoms with van der Waals surface area (Å²) in [6.45, 7) is 0. The van der Waals surface area contributed by atoms with Crippen LogP contribution in [0.1, 0.15) is 32.1 Å². The Morgan fingerprint density at radius 2 is 1.69 bits per heavy atom. The van der Waals surface area contributed by atoms with Crippen LogP contribution in [-0.2, 0) is 10.1 Å². The third-order valence-electron chi connectivity index (χ3n) is 2.17. The van der Waals surface area contributed by atoms with E-state index >= 15 is 0 Å².